The minimum Gasteiger partial charge on any atom is -0.496 e. The first-order valence-corrected chi connectivity index (χ1v) is 3.85. The first-order valence-electron chi connectivity index (χ1n) is 3.85. The Hall–Kier alpha value is -1.77. The van der Waals surface area contributed by atoms with Crippen LogP contribution in [0, 0.1) is 0 Å². The van der Waals surface area contributed by atoms with Gasteiger partial charge in [-0.2, -0.15) is 0 Å². The highest BCUT2D eigenvalue weighted by Gasteiger charge is 1.94. The van der Waals surface area contributed by atoms with E-state index in [0.29, 0.717) is 0 Å². The Kier molecular flexibility index (Phi) is 3.57. The van der Waals surface area contributed by atoms with Gasteiger partial charge in [0.2, 0.25) is 0 Å². The molecule has 0 radical (unpaired) electrons. The molecule has 0 aliphatic heterocycles. The third-order valence-electron chi connectivity index (χ3n) is 1.57. The SMILES string of the molecule is COc1ccccc1/C=C/C=N\O. The first kappa shape index (κ1) is 9.32. The van der Waals surface area contributed by atoms with E-state index in [0.717, 1.165) is 11.3 Å². The smallest absolute Gasteiger partial charge is 0.126 e. The Morgan fingerprint density at radius 1 is 1.38 bits per heavy atom. The van der Waals surface area contributed by atoms with Crippen LogP contribution in [0.5, 0.6) is 5.75 Å². The minimum absolute atomic E-state index is 0.796. The number of hydrogen-bond donors (Lipinski definition) is 1. The van der Waals surface area contributed by atoms with Gasteiger partial charge in [0.25, 0.3) is 0 Å². The van der Waals surface area contributed by atoms with Crippen LogP contribution in [0.1, 0.15) is 5.56 Å². The maximum Gasteiger partial charge on any atom is 0.126 e. The predicted molar refractivity (Wildman–Crippen MR) is 52.3 cm³/mol. The van der Waals surface area contributed by atoms with Crippen molar-refractivity contribution in [2.45, 2.75) is 0 Å². The molecule has 68 valence electrons. The van der Waals surface area contributed by atoms with Gasteiger partial charge in [-0.1, -0.05) is 23.4 Å². The van der Waals surface area contributed by atoms with Crippen molar-refractivity contribution in [1.29, 1.82) is 0 Å². The Morgan fingerprint density at radius 2 is 2.15 bits per heavy atom. The number of hydrogen-bond acceptors (Lipinski definition) is 3. The fourth-order valence-electron chi connectivity index (χ4n) is 0.989. The molecule has 1 aromatic rings. The first-order chi connectivity index (χ1) is 6.38. The van der Waals surface area contributed by atoms with Gasteiger partial charge in [-0.15, -0.1) is 0 Å². The van der Waals surface area contributed by atoms with E-state index in [1.807, 2.05) is 24.3 Å². The molecule has 1 N–H and O–H groups in total. The lowest BCUT2D eigenvalue weighted by Crippen LogP contribution is -1.85. The highest BCUT2D eigenvalue weighted by molar-refractivity contribution is 5.78. The molecule has 13 heavy (non-hydrogen) atoms. The summed E-state index contributed by atoms with van der Waals surface area (Å²) in [5.74, 6) is 0.796. The van der Waals surface area contributed by atoms with Crippen molar-refractivity contribution in [2.75, 3.05) is 7.11 Å². The van der Waals surface area contributed by atoms with Crippen LogP contribution in [0.15, 0.2) is 35.5 Å². The molecule has 0 atom stereocenters. The van der Waals surface area contributed by atoms with Gasteiger partial charge in [0.15, 0.2) is 0 Å². The van der Waals surface area contributed by atoms with Crippen LogP contribution in [0.2, 0.25) is 0 Å². The number of rotatable bonds is 3. The largest absolute Gasteiger partial charge is 0.496 e. The van der Waals surface area contributed by atoms with Gasteiger partial charge in [-0.25, -0.2) is 0 Å². The van der Waals surface area contributed by atoms with Crippen molar-refractivity contribution in [3.05, 3.63) is 35.9 Å². The van der Waals surface area contributed by atoms with E-state index in [9.17, 15) is 0 Å². The van der Waals surface area contributed by atoms with Gasteiger partial charge in [0, 0.05) is 5.56 Å². The molecule has 0 saturated heterocycles. The summed E-state index contributed by atoms with van der Waals surface area (Å²) in [7, 11) is 1.62. The summed E-state index contributed by atoms with van der Waals surface area (Å²) >= 11 is 0. The van der Waals surface area contributed by atoms with Gasteiger partial charge in [-0.05, 0) is 18.2 Å². The Bertz CT molecular complexity index is 318. The molecule has 0 unspecified atom stereocenters. The third-order valence-corrected chi connectivity index (χ3v) is 1.57. The molecule has 0 aliphatic carbocycles. The topological polar surface area (TPSA) is 41.8 Å². The average molecular weight is 177 g/mol. The Morgan fingerprint density at radius 3 is 2.85 bits per heavy atom. The molecule has 0 heterocycles. The summed E-state index contributed by atoms with van der Waals surface area (Å²) in [5, 5.41) is 11.0. The lowest BCUT2D eigenvalue weighted by Gasteiger charge is -2.02. The van der Waals surface area contributed by atoms with E-state index in [4.69, 9.17) is 9.94 Å². The van der Waals surface area contributed by atoms with E-state index < -0.39 is 0 Å². The summed E-state index contributed by atoms with van der Waals surface area (Å²) < 4.78 is 5.12. The monoisotopic (exact) mass is 177 g/mol. The summed E-state index contributed by atoms with van der Waals surface area (Å²) in [6.07, 6.45) is 4.74. The van der Waals surface area contributed by atoms with E-state index in [-0.39, 0.29) is 0 Å². The van der Waals surface area contributed by atoms with Crippen molar-refractivity contribution >= 4 is 12.3 Å². The molecule has 0 amide bonds. The lowest BCUT2D eigenvalue weighted by atomic mass is 10.2. The number of methoxy groups -OCH3 is 1. The number of ether oxygens (including phenoxy) is 1. The van der Waals surface area contributed by atoms with Crippen LogP contribution in [-0.2, 0) is 0 Å². The quantitative estimate of drug-likeness (QED) is 0.436. The lowest BCUT2D eigenvalue weighted by molar-refractivity contribution is 0.322. The van der Waals surface area contributed by atoms with Crippen LogP contribution in [0.4, 0.5) is 0 Å². The second kappa shape index (κ2) is 4.98. The van der Waals surface area contributed by atoms with Gasteiger partial charge in [0.05, 0.1) is 13.3 Å². The van der Waals surface area contributed by atoms with Crippen molar-refractivity contribution in [1.82, 2.24) is 0 Å². The third kappa shape index (κ3) is 2.63. The van der Waals surface area contributed by atoms with Crippen LogP contribution >= 0.6 is 0 Å². The number of nitrogens with zero attached hydrogens (tertiary/aromatic N) is 1. The van der Waals surface area contributed by atoms with Gasteiger partial charge in [-0.3, -0.25) is 0 Å². The van der Waals surface area contributed by atoms with Crippen molar-refractivity contribution in [2.24, 2.45) is 5.16 Å². The zero-order valence-electron chi connectivity index (χ0n) is 7.34. The molecular weight excluding hydrogens is 166 g/mol. The number of benzene rings is 1. The zero-order valence-corrected chi connectivity index (χ0v) is 7.34. The van der Waals surface area contributed by atoms with Crippen LogP contribution in [-0.4, -0.2) is 18.5 Å². The van der Waals surface area contributed by atoms with Crippen molar-refractivity contribution in [3.8, 4) is 5.75 Å². The predicted octanol–water partition coefficient (Wildman–Crippen LogP) is 2.17. The van der Waals surface area contributed by atoms with Gasteiger partial charge >= 0.3 is 0 Å². The number of oxime groups is 1. The van der Waals surface area contributed by atoms with Crippen LogP contribution in [0.25, 0.3) is 6.08 Å². The fourth-order valence-corrected chi connectivity index (χ4v) is 0.989. The van der Waals surface area contributed by atoms with Crippen LogP contribution < -0.4 is 4.74 Å². The molecule has 0 saturated carbocycles. The molecule has 0 aliphatic rings. The molecule has 0 spiro atoms. The Labute approximate surface area is 77.0 Å². The van der Waals surface area contributed by atoms with E-state index >= 15 is 0 Å². The molecule has 1 rings (SSSR count). The summed E-state index contributed by atoms with van der Waals surface area (Å²) in [6, 6.07) is 7.60. The standard InChI is InChI=1S/C10H11NO2/c1-13-10-7-3-2-5-9(10)6-4-8-11-12/h2-8,12H,1H3/b6-4+,11-8-. The molecule has 3 heteroatoms. The maximum absolute atomic E-state index is 8.16. The Balaban J connectivity index is 2.86. The maximum atomic E-state index is 8.16. The number of para-hydroxylation sites is 1. The molecule has 0 bridgehead atoms. The second-order valence-electron chi connectivity index (χ2n) is 2.37. The molecule has 1 aromatic carbocycles. The van der Waals surface area contributed by atoms with E-state index in [1.54, 1.807) is 19.3 Å². The highest BCUT2D eigenvalue weighted by atomic mass is 16.5. The van der Waals surface area contributed by atoms with Crippen molar-refractivity contribution < 1.29 is 9.94 Å². The summed E-state index contributed by atoms with van der Waals surface area (Å²) in [4.78, 5) is 0. The molecular formula is C10H11NO2. The fraction of sp³-hybridized carbons (Fsp3) is 0.100. The van der Waals surface area contributed by atoms with E-state index in [2.05, 4.69) is 5.16 Å². The molecule has 0 aromatic heterocycles. The van der Waals surface area contributed by atoms with Gasteiger partial charge in [0.1, 0.15) is 5.75 Å². The summed E-state index contributed by atoms with van der Waals surface area (Å²) in [5.41, 5.74) is 0.949. The van der Waals surface area contributed by atoms with Gasteiger partial charge < -0.3 is 9.94 Å². The normalized spacial score (nSPS) is 11.2. The minimum atomic E-state index is 0.796. The second-order valence-corrected chi connectivity index (χ2v) is 2.37. The highest BCUT2D eigenvalue weighted by Crippen LogP contribution is 2.18. The van der Waals surface area contributed by atoms with Crippen LogP contribution in [0.3, 0.4) is 0 Å². The van der Waals surface area contributed by atoms with E-state index in [1.165, 1.54) is 6.21 Å². The molecule has 3 nitrogen and oxygen atoms in total. The molecule has 0 fully saturated rings. The number of allylic oxidation sites excluding steroid dienone is 1. The zero-order chi connectivity index (χ0) is 9.52. The average Bonchev–Trinajstić information content (AvgIpc) is 2.19. The van der Waals surface area contributed by atoms with Crippen molar-refractivity contribution in [3.63, 3.8) is 0 Å². The summed E-state index contributed by atoms with van der Waals surface area (Å²) in [6.45, 7) is 0.